The van der Waals surface area contributed by atoms with Crippen molar-refractivity contribution in [3.63, 3.8) is 0 Å². The number of fused-ring (bicyclic) bond motifs is 1. The van der Waals surface area contributed by atoms with E-state index < -0.39 is 0 Å². The zero-order valence-corrected chi connectivity index (χ0v) is 17.4. The second-order valence-corrected chi connectivity index (χ2v) is 8.41. The maximum Gasteiger partial charge on any atom is 0.255 e. The number of aromatic nitrogens is 4. The Labute approximate surface area is 171 Å². The molecule has 29 heavy (non-hydrogen) atoms. The molecule has 1 atom stereocenters. The molecular weight excluding hydrogens is 386 g/mol. The molecule has 1 fully saturated rings. The molecule has 0 aliphatic carbocycles. The molecule has 0 spiro atoms. The minimum Gasteiger partial charge on any atom is -0.359 e. The Hall–Kier alpha value is -3.00. The first kappa shape index (κ1) is 18.1. The van der Waals surface area contributed by atoms with Gasteiger partial charge in [-0.2, -0.15) is 5.10 Å². The summed E-state index contributed by atoms with van der Waals surface area (Å²) in [5.41, 5.74) is 3.80. The lowest BCUT2D eigenvalue weighted by atomic mass is 10.1. The fourth-order valence-corrected chi connectivity index (χ4v) is 4.85. The molecule has 4 aromatic rings. The Balaban J connectivity index is 1.64. The van der Waals surface area contributed by atoms with E-state index in [0.29, 0.717) is 12.1 Å². The summed E-state index contributed by atoms with van der Waals surface area (Å²) in [4.78, 5) is 21.5. The summed E-state index contributed by atoms with van der Waals surface area (Å²) in [5.74, 6) is 0.739. The van der Waals surface area contributed by atoms with Crippen molar-refractivity contribution < 1.29 is 9.32 Å². The van der Waals surface area contributed by atoms with E-state index in [4.69, 9.17) is 9.51 Å². The zero-order chi connectivity index (χ0) is 20.1. The average molecular weight is 407 g/mol. The predicted octanol–water partition coefficient (Wildman–Crippen LogP) is 4.28. The molecule has 7 nitrogen and oxygen atoms in total. The van der Waals surface area contributed by atoms with Crippen LogP contribution in [0.15, 0.2) is 34.2 Å². The number of hydrogen-bond donors (Lipinski definition) is 0. The molecular formula is C21H21N5O2S. The molecule has 148 valence electrons. The van der Waals surface area contributed by atoms with Gasteiger partial charge in [0.25, 0.3) is 5.91 Å². The fourth-order valence-electron chi connectivity index (χ4n) is 4.16. The van der Waals surface area contributed by atoms with Gasteiger partial charge in [0.2, 0.25) is 0 Å². The number of hydrogen-bond acceptors (Lipinski definition) is 6. The van der Waals surface area contributed by atoms with Crippen LogP contribution in [0.5, 0.6) is 0 Å². The van der Waals surface area contributed by atoms with Gasteiger partial charge in [0, 0.05) is 19.7 Å². The standard InChI is InChI=1S/C21H21N5O2S/c1-12-10-17(28-24-12)16-6-4-8-26(16)21(27)14-11-15(18-7-5-9-29-18)22-20-19(14)13(2)23-25(20)3/h5,7,9-11,16H,4,6,8H2,1-3H3. The van der Waals surface area contributed by atoms with Crippen LogP contribution in [0.3, 0.4) is 0 Å². The van der Waals surface area contributed by atoms with E-state index >= 15 is 0 Å². The van der Waals surface area contributed by atoms with Gasteiger partial charge in [-0.05, 0) is 44.2 Å². The van der Waals surface area contributed by atoms with Gasteiger partial charge < -0.3 is 9.42 Å². The average Bonchev–Trinajstić information content (AvgIpc) is 3.48. The van der Waals surface area contributed by atoms with Crippen LogP contribution in [0.25, 0.3) is 21.6 Å². The summed E-state index contributed by atoms with van der Waals surface area (Å²) in [6, 6.07) is 7.75. The number of rotatable bonds is 3. The fraction of sp³-hybridized carbons (Fsp3) is 0.333. The lowest BCUT2D eigenvalue weighted by Crippen LogP contribution is -2.30. The molecule has 4 aromatic heterocycles. The van der Waals surface area contributed by atoms with Crippen LogP contribution in [0.2, 0.25) is 0 Å². The summed E-state index contributed by atoms with van der Waals surface area (Å²) < 4.78 is 7.24. The third-order valence-corrected chi connectivity index (χ3v) is 6.35. The minimum absolute atomic E-state index is 0.0112. The van der Waals surface area contributed by atoms with Crippen molar-refractivity contribution in [1.29, 1.82) is 0 Å². The van der Waals surface area contributed by atoms with Gasteiger partial charge in [-0.1, -0.05) is 11.2 Å². The van der Waals surface area contributed by atoms with Crippen LogP contribution in [0, 0.1) is 13.8 Å². The number of thiophene rings is 1. The van der Waals surface area contributed by atoms with Crippen molar-refractivity contribution in [1.82, 2.24) is 24.8 Å². The highest BCUT2D eigenvalue weighted by Gasteiger charge is 2.34. The van der Waals surface area contributed by atoms with Gasteiger partial charge in [0.1, 0.15) is 0 Å². The van der Waals surface area contributed by atoms with E-state index in [1.165, 1.54) is 0 Å². The molecule has 0 saturated carbocycles. The third kappa shape index (κ3) is 2.95. The third-order valence-electron chi connectivity index (χ3n) is 5.46. The highest BCUT2D eigenvalue weighted by Crippen LogP contribution is 2.36. The van der Waals surface area contributed by atoms with Crippen molar-refractivity contribution in [3.8, 4) is 10.6 Å². The number of aryl methyl sites for hydroxylation is 3. The van der Waals surface area contributed by atoms with Crippen LogP contribution < -0.4 is 0 Å². The van der Waals surface area contributed by atoms with Crippen molar-refractivity contribution in [2.45, 2.75) is 32.7 Å². The first-order valence-electron chi connectivity index (χ1n) is 9.65. The summed E-state index contributed by atoms with van der Waals surface area (Å²) >= 11 is 1.61. The summed E-state index contributed by atoms with van der Waals surface area (Å²) in [7, 11) is 1.87. The molecule has 5 rings (SSSR count). The maximum atomic E-state index is 13.7. The Bertz CT molecular complexity index is 1210. The van der Waals surface area contributed by atoms with Gasteiger partial charge in [-0.15, -0.1) is 11.3 Å². The number of amides is 1. The largest absolute Gasteiger partial charge is 0.359 e. The SMILES string of the molecule is Cc1cc(C2CCCN2C(=O)c2cc(-c3cccs3)nc3c2c(C)nn3C)on1. The second-order valence-electron chi connectivity index (χ2n) is 7.47. The van der Waals surface area contributed by atoms with Crippen LogP contribution in [0.4, 0.5) is 0 Å². The first-order chi connectivity index (χ1) is 14.0. The van der Waals surface area contributed by atoms with Gasteiger partial charge >= 0.3 is 0 Å². The number of nitrogens with zero attached hydrogens (tertiary/aromatic N) is 5. The molecule has 1 amide bonds. The quantitative estimate of drug-likeness (QED) is 0.507. The minimum atomic E-state index is -0.0888. The number of carbonyl (C=O) groups excluding carboxylic acids is 1. The van der Waals surface area contributed by atoms with Gasteiger partial charge in [0.05, 0.1) is 39.0 Å². The van der Waals surface area contributed by atoms with Crippen LogP contribution >= 0.6 is 11.3 Å². The van der Waals surface area contributed by atoms with E-state index in [-0.39, 0.29) is 11.9 Å². The molecule has 0 bridgehead atoms. The lowest BCUT2D eigenvalue weighted by Gasteiger charge is -2.23. The summed E-state index contributed by atoms with van der Waals surface area (Å²) in [6.45, 7) is 4.51. The first-order valence-corrected chi connectivity index (χ1v) is 10.5. The predicted molar refractivity (Wildman–Crippen MR) is 111 cm³/mol. The highest BCUT2D eigenvalue weighted by molar-refractivity contribution is 7.13. The molecule has 0 aromatic carbocycles. The van der Waals surface area contributed by atoms with Crippen molar-refractivity contribution in [2.75, 3.05) is 6.54 Å². The monoisotopic (exact) mass is 407 g/mol. The topological polar surface area (TPSA) is 77.0 Å². The normalized spacial score (nSPS) is 16.8. The Kier molecular flexibility index (Phi) is 4.24. The smallest absolute Gasteiger partial charge is 0.255 e. The van der Waals surface area contributed by atoms with Gasteiger partial charge in [0.15, 0.2) is 11.4 Å². The summed E-state index contributed by atoms with van der Waals surface area (Å²) in [6.07, 6.45) is 1.81. The molecule has 0 N–H and O–H groups in total. The highest BCUT2D eigenvalue weighted by atomic mass is 32.1. The maximum absolute atomic E-state index is 13.7. The Morgan fingerprint density at radius 2 is 2.17 bits per heavy atom. The number of carbonyl (C=O) groups is 1. The molecule has 0 radical (unpaired) electrons. The van der Waals surface area contributed by atoms with E-state index in [9.17, 15) is 4.79 Å². The van der Waals surface area contributed by atoms with Crippen LogP contribution in [-0.2, 0) is 7.05 Å². The van der Waals surface area contributed by atoms with Crippen LogP contribution in [0.1, 0.15) is 46.4 Å². The Morgan fingerprint density at radius 1 is 1.31 bits per heavy atom. The molecule has 1 aliphatic rings. The van der Waals surface area contributed by atoms with E-state index in [0.717, 1.165) is 51.6 Å². The molecule has 1 aliphatic heterocycles. The molecule has 8 heteroatoms. The second kappa shape index (κ2) is 6.81. The Morgan fingerprint density at radius 3 is 2.90 bits per heavy atom. The van der Waals surface area contributed by atoms with Crippen LogP contribution in [-0.4, -0.2) is 37.3 Å². The van der Waals surface area contributed by atoms with Crippen molar-refractivity contribution >= 4 is 28.3 Å². The van der Waals surface area contributed by atoms with E-state index in [1.807, 2.05) is 55.4 Å². The molecule has 1 saturated heterocycles. The number of likely N-dealkylation sites (tertiary alicyclic amines) is 1. The molecule has 1 unspecified atom stereocenters. The van der Waals surface area contributed by atoms with Crippen molar-refractivity contribution in [2.24, 2.45) is 7.05 Å². The molecule has 5 heterocycles. The lowest BCUT2D eigenvalue weighted by molar-refractivity contribution is 0.0716. The van der Waals surface area contributed by atoms with E-state index in [1.54, 1.807) is 16.0 Å². The summed E-state index contributed by atoms with van der Waals surface area (Å²) in [5, 5.41) is 11.4. The number of pyridine rings is 1. The van der Waals surface area contributed by atoms with Crippen molar-refractivity contribution in [3.05, 3.63) is 52.4 Å². The van der Waals surface area contributed by atoms with Gasteiger partial charge in [-0.25, -0.2) is 4.98 Å². The van der Waals surface area contributed by atoms with Gasteiger partial charge in [-0.3, -0.25) is 9.48 Å². The van der Waals surface area contributed by atoms with E-state index in [2.05, 4.69) is 10.3 Å². The zero-order valence-electron chi connectivity index (χ0n) is 16.5.